The van der Waals surface area contributed by atoms with Crippen LogP contribution in [0.25, 0.3) is 11.1 Å². The van der Waals surface area contributed by atoms with E-state index < -0.39 is 49.6 Å². The van der Waals surface area contributed by atoms with Gasteiger partial charge in [-0.1, -0.05) is 54.5 Å². The second-order valence-electron chi connectivity index (χ2n) is 7.95. The normalized spacial score (nSPS) is 13.2. The van der Waals surface area contributed by atoms with Crippen molar-refractivity contribution in [2.24, 2.45) is 0 Å². The molecule has 0 aliphatic heterocycles. The Morgan fingerprint density at radius 2 is 1.66 bits per heavy atom. The molecular weight excluding hydrogens is 465 g/mol. The molecule has 3 rings (SSSR count). The molecule has 0 heterocycles. The van der Waals surface area contributed by atoms with Crippen molar-refractivity contribution in [2.45, 2.75) is 31.0 Å². The maximum absolute atomic E-state index is 13.5. The molecule has 2 aromatic rings. The Morgan fingerprint density at radius 3 is 2.17 bits per heavy atom. The fraction of sp³-hybridized carbons (Fsp3) is 0.320. The molecule has 0 spiro atoms. The summed E-state index contributed by atoms with van der Waals surface area (Å²) in [5.41, 5.74) is 3.77. The van der Waals surface area contributed by atoms with Gasteiger partial charge in [-0.15, -0.1) is 6.42 Å². The summed E-state index contributed by atoms with van der Waals surface area (Å²) in [5.74, 6) is -0.451. The fourth-order valence-electron chi connectivity index (χ4n) is 4.03. The lowest BCUT2D eigenvalue weighted by Crippen LogP contribution is -2.46. The largest absolute Gasteiger partial charge is 0.480 e. The zero-order chi connectivity index (χ0) is 25.6. The number of alkyl halides is 3. The summed E-state index contributed by atoms with van der Waals surface area (Å²) >= 11 is 0. The topological polar surface area (TPSA) is 95.9 Å². The number of hydrogen-bond donors (Lipinski definition) is 2. The van der Waals surface area contributed by atoms with E-state index in [1.165, 1.54) is 0 Å². The molecule has 0 saturated carbocycles. The van der Waals surface area contributed by atoms with Gasteiger partial charge in [-0.3, -0.25) is 9.59 Å². The van der Waals surface area contributed by atoms with Gasteiger partial charge in [0.1, 0.15) is 19.2 Å². The van der Waals surface area contributed by atoms with Crippen LogP contribution < -0.4 is 5.32 Å². The van der Waals surface area contributed by atoms with Crippen molar-refractivity contribution in [3.8, 4) is 23.5 Å². The van der Waals surface area contributed by atoms with Gasteiger partial charge >= 0.3 is 18.2 Å². The Hall–Kier alpha value is -4.00. The summed E-state index contributed by atoms with van der Waals surface area (Å²) < 4.78 is 45.7. The number of carbonyl (C=O) groups excluding carboxylic acids is 2. The van der Waals surface area contributed by atoms with E-state index in [1.807, 2.05) is 48.5 Å². The summed E-state index contributed by atoms with van der Waals surface area (Å²) in [6, 6.07) is 12.7. The van der Waals surface area contributed by atoms with Crippen LogP contribution in [0.3, 0.4) is 0 Å². The summed E-state index contributed by atoms with van der Waals surface area (Å²) in [6.45, 7) is -1.26. The highest BCUT2D eigenvalue weighted by atomic mass is 19.4. The molecule has 1 aliphatic carbocycles. The second kappa shape index (κ2) is 11.0. The van der Waals surface area contributed by atoms with Crippen LogP contribution in [-0.2, 0) is 14.3 Å². The first kappa shape index (κ1) is 25.6. The van der Waals surface area contributed by atoms with E-state index in [4.69, 9.17) is 16.3 Å². The Bertz CT molecular complexity index is 1100. The van der Waals surface area contributed by atoms with Crippen LogP contribution in [0.4, 0.5) is 18.0 Å². The third kappa shape index (κ3) is 6.32. The molecule has 2 amide bonds. The fourth-order valence-corrected chi connectivity index (χ4v) is 4.03. The second-order valence-corrected chi connectivity index (χ2v) is 7.95. The molecule has 0 bridgehead atoms. The van der Waals surface area contributed by atoms with Crippen molar-refractivity contribution in [1.29, 1.82) is 0 Å². The molecule has 184 valence electrons. The summed E-state index contributed by atoms with van der Waals surface area (Å²) in [4.78, 5) is 36.1. The van der Waals surface area contributed by atoms with Crippen molar-refractivity contribution in [3.63, 3.8) is 0 Å². The molecule has 0 saturated heterocycles. The highest BCUT2D eigenvalue weighted by molar-refractivity contribution is 5.82. The number of rotatable bonds is 9. The summed E-state index contributed by atoms with van der Waals surface area (Å²) in [7, 11) is 0. The first-order chi connectivity index (χ1) is 16.6. The lowest BCUT2D eigenvalue weighted by atomic mass is 9.98. The standard InChI is InChI=1S/C25H23F3N2O5/c1-2-13-30(14-23(32)33)22(31)12-11-21(25(26,27)28)29-24(34)35-15-20-18-9-5-3-7-16(18)17-8-4-6-10-19(17)20/h1,3-10,20-21H,11-15H2,(H,29,34)(H,32,33)/t21-/m0/s1. The van der Waals surface area contributed by atoms with Crippen LogP contribution in [0.15, 0.2) is 48.5 Å². The van der Waals surface area contributed by atoms with Gasteiger partial charge in [-0.2, -0.15) is 13.2 Å². The number of benzene rings is 2. The number of carbonyl (C=O) groups is 3. The van der Waals surface area contributed by atoms with Gasteiger partial charge in [-0.05, 0) is 28.7 Å². The van der Waals surface area contributed by atoms with Crippen LogP contribution in [-0.4, -0.2) is 59.9 Å². The third-order valence-corrected chi connectivity index (χ3v) is 5.64. The lowest BCUT2D eigenvalue weighted by Gasteiger charge is -2.23. The van der Waals surface area contributed by atoms with E-state index >= 15 is 0 Å². The highest BCUT2D eigenvalue weighted by Gasteiger charge is 2.41. The van der Waals surface area contributed by atoms with Gasteiger partial charge in [0.25, 0.3) is 0 Å². The van der Waals surface area contributed by atoms with Crippen LogP contribution in [0, 0.1) is 12.3 Å². The van der Waals surface area contributed by atoms with Gasteiger partial charge in [0.15, 0.2) is 0 Å². The van der Waals surface area contributed by atoms with Gasteiger partial charge in [0.2, 0.25) is 5.91 Å². The quantitative estimate of drug-likeness (QED) is 0.524. The maximum Gasteiger partial charge on any atom is 0.408 e. The van der Waals surface area contributed by atoms with E-state index in [0.29, 0.717) is 0 Å². The number of hydrogen-bond acceptors (Lipinski definition) is 4. The lowest BCUT2D eigenvalue weighted by molar-refractivity contribution is -0.158. The molecule has 10 heteroatoms. The Labute approximate surface area is 199 Å². The van der Waals surface area contributed by atoms with Crippen molar-refractivity contribution in [1.82, 2.24) is 10.2 Å². The zero-order valence-corrected chi connectivity index (χ0v) is 18.5. The Kier molecular flexibility index (Phi) is 8.02. The van der Waals surface area contributed by atoms with Crippen LogP contribution in [0.5, 0.6) is 0 Å². The molecule has 0 radical (unpaired) electrons. The molecular formula is C25H23F3N2O5. The van der Waals surface area contributed by atoms with Crippen LogP contribution >= 0.6 is 0 Å². The number of nitrogens with zero attached hydrogens (tertiary/aromatic N) is 1. The minimum atomic E-state index is -4.85. The number of carboxylic acid groups (broad SMARTS) is 1. The number of ether oxygens (including phenoxy) is 1. The first-order valence-electron chi connectivity index (χ1n) is 10.7. The van der Waals surface area contributed by atoms with Crippen LogP contribution in [0.1, 0.15) is 29.9 Å². The third-order valence-electron chi connectivity index (χ3n) is 5.64. The summed E-state index contributed by atoms with van der Waals surface area (Å²) in [6.07, 6.45) is -2.50. The minimum Gasteiger partial charge on any atom is -0.480 e. The number of halogens is 3. The predicted molar refractivity (Wildman–Crippen MR) is 120 cm³/mol. The minimum absolute atomic E-state index is 0.169. The molecule has 2 N–H and O–H groups in total. The van der Waals surface area contributed by atoms with Gasteiger partial charge in [-0.25, -0.2) is 4.79 Å². The van der Waals surface area contributed by atoms with E-state index in [2.05, 4.69) is 5.92 Å². The van der Waals surface area contributed by atoms with E-state index in [-0.39, 0.29) is 19.1 Å². The number of amides is 2. The number of terminal acetylenes is 1. The molecule has 0 unspecified atom stereocenters. The molecule has 2 aromatic carbocycles. The number of aliphatic carboxylic acids is 1. The highest BCUT2D eigenvalue weighted by Crippen LogP contribution is 2.44. The molecule has 1 atom stereocenters. The van der Waals surface area contributed by atoms with Crippen molar-refractivity contribution in [2.75, 3.05) is 19.7 Å². The zero-order valence-electron chi connectivity index (χ0n) is 18.5. The first-order valence-corrected chi connectivity index (χ1v) is 10.7. The van der Waals surface area contributed by atoms with Gasteiger partial charge in [0.05, 0.1) is 6.54 Å². The SMILES string of the molecule is C#CCN(CC(=O)O)C(=O)CC[C@H](NC(=O)OCC1c2ccccc2-c2ccccc21)C(F)(F)F. The van der Waals surface area contributed by atoms with Gasteiger partial charge in [0, 0.05) is 12.3 Å². The monoisotopic (exact) mass is 488 g/mol. The smallest absolute Gasteiger partial charge is 0.408 e. The Morgan fingerprint density at radius 1 is 1.09 bits per heavy atom. The van der Waals surface area contributed by atoms with Gasteiger partial charge < -0.3 is 20.1 Å². The number of nitrogens with one attached hydrogen (secondary N) is 1. The molecule has 0 aromatic heterocycles. The average Bonchev–Trinajstić information content (AvgIpc) is 3.12. The maximum atomic E-state index is 13.5. The molecule has 7 nitrogen and oxygen atoms in total. The number of fused-ring (bicyclic) bond motifs is 3. The van der Waals surface area contributed by atoms with E-state index in [0.717, 1.165) is 27.2 Å². The van der Waals surface area contributed by atoms with Crippen molar-refractivity contribution >= 4 is 18.0 Å². The predicted octanol–water partition coefficient (Wildman–Crippen LogP) is 3.78. The number of carboxylic acids is 1. The van der Waals surface area contributed by atoms with Crippen molar-refractivity contribution < 1.29 is 37.4 Å². The molecule has 1 aliphatic rings. The summed E-state index contributed by atoms with van der Waals surface area (Å²) in [5, 5.41) is 10.6. The molecule has 35 heavy (non-hydrogen) atoms. The van der Waals surface area contributed by atoms with Crippen LogP contribution in [0.2, 0.25) is 0 Å². The molecule has 0 fully saturated rings. The van der Waals surface area contributed by atoms with Crippen molar-refractivity contribution in [3.05, 3.63) is 59.7 Å². The van der Waals surface area contributed by atoms with E-state index in [1.54, 1.807) is 5.32 Å². The number of alkyl carbamates (subject to hydrolysis) is 1. The Balaban J connectivity index is 1.62. The van der Waals surface area contributed by atoms with E-state index in [9.17, 15) is 27.6 Å². The average molecular weight is 488 g/mol.